The average Bonchev–Trinajstić information content (AvgIpc) is 1.61. The van der Waals surface area contributed by atoms with E-state index >= 15 is 0 Å². The Morgan fingerprint density at radius 1 is 1.88 bits per heavy atom. The van der Waals surface area contributed by atoms with Crippen molar-refractivity contribution in [2.75, 3.05) is 0 Å². The first kappa shape index (κ1) is 7.52. The quantitative estimate of drug-likeness (QED) is 0.346. The van der Waals surface area contributed by atoms with Gasteiger partial charge in [0.2, 0.25) is 0 Å². The molecule has 48 valence electrons. The van der Waals surface area contributed by atoms with Crippen molar-refractivity contribution in [3.8, 4) is 0 Å². The van der Waals surface area contributed by atoms with E-state index < -0.39 is 11.7 Å². The van der Waals surface area contributed by atoms with Crippen molar-refractivity contribution < 1.29 is 14.6 Å². The van der Waals surface area contributed by atoms with Gasteiger partial charge < -0.3 is 5.73 Å². The summed E-state index contributed by atoms with van der Waals surface area (Å²) in [7, 11) is 0. The second-order valence-electron chi connectivity index (χ2n) is 1.04. The van der Waals surface area contributed by atoms with Crippen LogP contribution in [0.25, 0.3) is 0 Å². The van der Waals surface area contributed by atoms with Crippen molar-refractivity contribution in [3.05, 3.63) is 0 Å². The number of alkyl halides is 1. The largest absolute Gasteiger partial charge is 0.436 e. The van der Waals surface area contributed by atoms with E-state index in [1.165, 1.54) is 6.92 Å². The van der Waals surface area contributed by atoms with E-state index in [-0.39, 0.29) is 0 Å². The molecule has 0 aromatic carbocycles. The molecule has 1 atom stereocenters. The van der Waals surface area contributed by atoms with Gasteiger partial charge in [0.1, 0.15) is 0 Å². The number of primary amides is 1. The number of carbonyl (C=O) groups is 1. The fourth-order valence-corrected chi connectivity index (χ4v) is 0.150. The molecule has 0 rings (SSSR count). The van der Waals surface area contributed by atoms with E-state index in [9.17, 15) is 4.79 Å². The molecule has 0 aliphatic rings. The maximum Gasteiger partial charge on any atom is 0.436 e. The van der Waals surface area contributed by atoms with Gasteiger partial charge in [-0.1, -0.05) is 11.6 Å². The molecule has 0 fully saturated rings. The van der Waals surface area contributed by atoms with Gasteiger partial charge in [-0.3, -0.25) is 4.89 Å². The highest BCUT2D eigenvalue weighted by Gasteiger charge is 1.98. The molecule has 4 nitrogen and oxygen atoms in total. The Kier molecular flexibility index (Phi) is 3.30. The van der Waals surface area contributed by atoms with Crippen LogP contribution in [0.15, 0.2) is 0 Å². The molecule has 8 heavy (non-hydrogen) atoms. The third kappa shape index (κ3) is 5.52. The maximum atomic E-state index is 9.72. The van der Waals surface area contributed by atoms with E-state index in [1.807, 2.05) is 0 Å². The van der Waals surface area contributed by atoms with Crippen LogP contribution in [0.5, 0.6) is 0 Å². The minimum absolute atomic E-state index is 0.664. The molecule has 2 N–H and O–H groups in total. The van der Waals surface area contributed by atoms with Gasteiger partial charge in [-0.15, -0.1) is 0 Å². The molecule has 0 aliphatic heterocycles. The van der Waals surface area contributed by atoms with Gasteiger partial charge in [0.15, 0.2) is 5.56 Å². The summed E-state index contributed by atoms with van der Waals surface area (Å²) in [5.41, 5.74) is 3.83. The van der Waals surface area contributed by atoms with Crippen LogP contribution in [0.2, 0.25) is 0 Å². The predicted octanol–water partition coefficient (Wildman–Crippen LogP) is 0.598. The van der Waals surface area contributed by atoms with Gasteiger partial charge in [0.25, 0.3) is 0 Å². The summed E-state index contributed by atoms with van der Waals surface area (Å²) in [4.78, 5) is 17.6. The SMILES string of the molecule is CC(Cl)OOC(N)=O. The lowest BCUT2D eigenvalue weighted by molar-refractivity contribution is -0.245. The molecule has 0 spiro atoms. The van der Waals surface area contributed by atoms with Gasteiger partial charge in [-0.25, -0.2) is 4.79 Å². The molecule has 0 aromatic rings. The Labute approximate surface area is 51.4 Å². The molecule has 0 heterocycles. The van der Waals surface area contributed by atoms with Crippen molar-refractivity contribution in [2.45, 2.75) is 12.5 Å². The zero-order chi connectivity index (χ0) is 6.57. The molecular weight excluding hydrogens is 133 g/mol. The normalized spacial score (nSPS) is 12.8. The standard InChI is InChI=1S/C3H6ClNO3/c1-2(4)7-8-3(5)6/h2H,1H3,(H2,5,6). The number of rotatable bonds is 2. The summed E-state index contributed by atoms with van der Waals surface area (Å²) < 4.78 is 0. The highest BCUT2D eigenvalue weighted by atomic mass is 35.5. The zero-order valence-corrected chi connectivity index (χ0v) is 5.01. The number of carbonyl (C=O) groups excluding carboxylic acids is 1. The minimum Gasteiger partial charge on any atom is -0.333 e. The molecule has 0 bridgehead atoms. The van der Waals surface area contributed by atoms with Crippen LogP contribution < -0.4 is 5.73 Å². The van der Waals surface area contributed by atoms with E-state index in [0.29, 0.717) is 0 Å². The van der Waals surface area contributed by atoms with Crippen molar-refractivity contribution >= 4 is 17.7 Å². The first-order valence-corrected chi connectivity index (χ1v) is 2.33. The first-order chi connectivity index (χ1) is 3.63. The fourth-order valence-electron chi connectivity index (χ4n) is 0.114. The lowest BCUT2D eigenvalue weighted by Gasteiger charge is -1.99. The van der Waals surface area contributed by atoms with Crippen molar-refractivity contribution in [1.29, 1.82) is 0 Å². The number of nitrogens with two attached hydrogens (primary N) is 1. The summed E-state index contributed by atoms with van der Waals surface area (Å²) in [5, 5.41) is 0. The van der Waals surface area contributed by atoms with Crippen LogP contribution in [0.1, 0.15) is 6.92 Å². The van der Waals surface area contributed by atoms with Gasteiger partial charge in [0, 0.05) is 0 Å². The second-order valence-corrected chi connectivity index (χ2v) is 1.66. The molecule has 0 aliphatic carbocycles. The van der Waals surface area contributed by atoms with Crippen molar-refractivity contribution in [2.24, 2.45) is 5.73 Å². The van der Waals surface area contributed by atoms with Gasteiger partial charge in [-0.05, 0) is 6.92 Å². The monoisotopic (exact) mass is 139 g/mol. The third-order valence-corrected chi connectivity index (χ3v) is 0.336. The highest BCUT2D eigenvalue weighted by molar-refractivity contribution is 6.19. The van der Waals surface area contributed by atoms with E-state index in [2.05, 4.69) is 15.5 Å². The molecule has 0 aromatic heterocycles. The summed E-state index contributed by atoms with van der Waals surface area (Å²) in [6.45, 7) is 1.49. The number of hydrogen-bond donors (Lipinski definition) is 1. The Morgan fingerprint density at radius 3 is 2.50 bits per heavy atom. The smallest absolute Gasteiger partial charge is 0.333 e. The molecule has 1 unspecified atom stereocenters. The molecule has 0 saturated carbocycles. The molecule has 0 radical (unpaired) electrons. The van der Waals surface area contributed by atoms with Crippen LogP contribution in [-0.4, -0.2) is 11.7 Å². The lowest BCUT2D eigenvalue weighted by atomic mass is 10.9. The summed E-state index contributed by atoms with van der Waals surface area (Å²) in [6, 6.07) is 0. The van der Waals surface area contributed by atoms with Crippen LogP contribution in [0, 0.1) is 0 Å². The third-order valence-electron chi connectivity index (χ3n) is 0.263. The number of halogens is 1. The first-order valence-electron chi connectivity index (χ1n) is 1.89. The summed E-state index contributed by atoms with van der Waals surface area (Å²) in [5.74, 6) is 0. The number of amides is 1. The van der Waals surface area contributed by atoms with Crippen LogP contribution in [0.4, 0.5) is 4.79 Å². The maximum absolute atomic E-state index is 9.72. The predicted molar refractivity (Wildman–Crippen MR) is 27.1 cm³/mol. The zero-order valence-electron chi connectivity index (χ0n) is 4.26. The van der Waals surface area contributed by atoms with Crippen molar-refractivity contribution in [1.82, 2.24) is 0 Å². The van der Waals surface area contributed by atoms with E-state index in [0.717, 1.165) is 0 Å². The van der Waals surface area contributed by atoms with Crippen LogP contribution in [0.3, 0.4) is 0 Å². The average molecular weight is 140 g/mol. The molecule has 5 heteroatoms. The van der Waals surface area contributed by atoms with Gasteiger partial charge in [-0.2, -0.15) is 4.89 Å². The second kappa shape index (κ2) is 3.51. The lowest BCUT2D eigenvalue weighted by Crippen LogP contribution is -2.15. The Bertz CT molecular complexity index is 84.6. The van der Waals surface area contributed by atoms with E-state index in [4.69, 9.17) is 11.6 Å². The van der Waals surface area contributed by atoms with Gasteiger partial charge >= 0.3 is 6.09 Å². The summed E-state index contributed by atoms with van der Waals surface area (Å²) in [6.07, 6.45) is -1.00. The fraction of sp³-hybridized carbons (Fsp3) is 0.667. The Morgan fingerprint density at radius 2 is 2.38 bits per heavy atom. The molecular formula is C3H6ClNO3. The molecule has 0 saturated heterocycles. The van der Waals surface area contributed by atoms with Crippen molar-refractivity contribution in [3.63, 3.8) is 0 Å². The van der Waals surface area contributed by atoms with Gasteiger partial charge in [0.05, 0.1) is 0 Å². The summed E-state index contributed by atoms with van der Waals surface area (Å²) >= 11 is 5.17. The Hall–Kier alpha value is -0.480. The topological polar surface area (TPSA) is 61.6 Å². The van der Waals surface area contributed by atoms with E-state index in [1.54, 1.807) is 0 Å². The van der Waals surface area contributed by atoms with Crippen LogP contribution in [-0.2, 0) is 9.78 Å². The molecule has 1 amide bonds. The number of hydrogen-bond acceptors (Lipinski definition) is 3. The van der Waals surface area contributed by atoms with Crippen LogP contribution >= 0.6 is 11.6 Å². The highest BCUT2D eigenvalue weighted by Crippen LogP contribution is 1.94. The minimum atomic E-state index is -1.00. The Balaban J connectivity index is 3.05.